The van der Waals surface area contributed by atoms with E-state index in [1.54, 1.807) is 0 Å². The Morgan fingerprint density at radius 1 is 1.28 bits per heavy atom. The van der Waals surface area contributed by atoms with Crippen LogP contribution in [-0.4, -0.2) is 16.1 Å². The highest BCUT2D eigenvalue weighted by Gasteiger charge is 2.16. The molecule has 0 aliphatic carbocycles. The number of carbonyl (C=O) groups is 1. The molecule has 1 heterocycles. The molecule has 3 rings (SSSR count). The van der Waals surface area contributed by atoms with Gasteiger partial charge in [-0.25, -0.2) is 4.98 Å². The Balaban J connectivity index is 1.64. The van der Waals surface area contributed by atoms with Crippen LogP contribution in [0.25, 0.3) is 11.3 Å². The van der Waals surface area contributed by atoms with Crippen molar-refractivity contribution in [1.29, 1.82) is 0 Å². The number of nitrogens with one attached hydrogen (secondary N) is 1. The summed E-state index contributed by atoms with van der Waals surface area (Å²) in [6, 6.07) is 14.9. The fourth-order valence-electron chi connectivity index (χ4n) is 2.14. The second-order valence-corrected chi connectivity index (χ2v) is 8.08. The second kappa shape index (κ2) is 7.91. The minimum absolute atomic E-state index is 0.0931. The van der Waals surface area contributed by atoms with Crippen LogP contribution in [0.2, 0.25) is 5.02 Å². The smallest absolute Gasteiger partial charge is 0.239 e. The van der Waals surface area contributed by atoms with Gasteiger partial charge in [-0.3, -0.25) is 4.79 Å². The first kappa shape index (κ1) is 17.8. The van der Waals surface area contributed by atoms with E-state index >= 15 is 0 Å². The molecule has 0 saturated heterocycles. The molecule has 0 aliphatic heterocycles. The summed E-state index contributed by atoms with van der Waals surface area (Å²) in [6.45, 7) is 1.86. The van der Waals surface area contributed by atoms with E-state index in [4.69, 9.17) is 17.3 Å². The van der Waals surface area contributed by atoms with E-state index in [0.29, 0.717) is 15.8 Å². The fourth-order valence-corrected chi connectivity index (χ4v) is 3.92. The van der Waals surface area contributed by atoms with Crippen molar-refractivity contribution < 1.29 is 4.79 Å². The van der Waals surface area contributed by atoms with E-state index in [1.807, 2.05) is 60.8 Å². The van der Waals surface area contributed by atoms with Crippen LogP contribution in [0, 0.1) is 0 Å². The van der Waals surface area contributed by atoms with Crippen molar-refractivity contribution in [3.05, 3.63) is 58.9 Å². The number of amides is 1. The molecule has 7 heteroatoms. The maximum atomic E-state index is 12.4. The van der Waals surface area contributed by atoms with Crippen molar-refractivity contribution in [3.8, 4) is 11.3 Å². The minimum atomic E-state index is -0.260. The highest BCUT2D eigenvalue weighted by atomic mass is 35.5. The Hall–Kier alpha value is -2.02. The number of halogens is 1. The van der Waals surface area contributed by atoms with Gasteiger partial charge < -0.3 is 11.1 Å². The van der Waals surface area contributed by atoms with Gasteiger partial charge >= 0.3 is 0 Å². The number of carbonyl (C=O) groups excluding carboxylic acids is 1. The fraction of sp³-hybridized carbons (Fsp3) is 0.111. The molecule has 128 valence electrons. The van der Waals surface area contributed by atoms with Crippen molar-refractivity contribution >= 4 is 51.4 Å². The summed E-state index contributed by atoms with van der Waals surface area (Å²) in [5, 5.41) is 5.78. The summed E-state index contributed by atoms with van der Waals surface area (Å²) in [7, 11) is 0. The molecule has 3 N–H and O–H groups in total. The monoisotopic (exact) mass is 389 g/mol. The van der Waals surface area contributed by atoms with Gasteiger partial charge in [0.15, 0.2) is 5.13 Å². The van der Waals surface area contributed by atoms with Crippen LogP contribution in [0.4, 0.5) is 10.8 Å². The summed E-state index contributed by atoms with van der Waals surface area (Å²) in [5.74, 6) is -0.0931. The molecule has 4 nitrogen and oxygen atoms in total. The standard InChI is InChI=1S/C18H16ClN3OS2/c1-11(25-15-4-2-3-14(20)9-15)17(23)22-18-21-16(10-24-18)12-5-7-13(19)8-6-12/h2-11H,20H2,1H3,(H,21,22,23). The molecule has 0 aliphatic rings. The molecule has 3 aromatic rings. The van der Waals surface area contributed by atoms with Crippen LogP contribution < -0.4 is 11.1 Å². The Labute approximate surface area is 159 Å². The molecule has 2 aromatic carbocycles. The summed E-state index contributed by atoms with van der Waals surface area (Å²) in [6.07, 6.45) is 0. The van der Waals surface area contributed by atoms with Crippen LogP contribution in [0.5, 0.6) is 0 Å². The highest BCUT2D eigenvalue weighted by Crippen LogP contribution is 2.28. The molecule has 1 atom stereocenters. The third-order valence-electron chi connectivity index (χ3n) is 3.41. The molecule has 25 heavy (non-hydrogen) atoms. The van der Waals surface area contributed by atoms with Crippen LogP contribution in [0.1, 0.15) is 6.92 Å². The lowest BCUT2D eigenvalue weighted by Crippen LogP contribution is -2.22. The topological polar surface area (TPSA) is 68.0 Å². The zero-order valence-electron chi connectivity index (χ0n) is 13.4. The Bertz CT molecular complexity index is 880. The highest BCUT2D eigenvalue weighted by molar-refractivity contribution is 8.00. The maximum Gasteiger partial charge on any atom is 0.239 e. The van der Waals surface area contributed by atoms with Gasteiger partial charge in [0, 0.05) is 26.5 Å². The number of nitrogen functional groups attached to an aromatic ring is 1. The average Bonchev–Trinajstić information content (AvgIpc) is 3.04. The first-order valence-corrected chi connectivity index (χ1v) is 9.69. The lowest BCUT2D eigenvalue weighted by molar-refractivity contribution is -0.115. The van der Waals surface area contributed by atoms with Crippen molar-refractivity contribution in [2.75, 3.05) is 11.1 Å². The lowest BCUT2D eigenvalue weighted by atomic mass is 10.2. The summed E-state index contributed by atoms with van der Waals surface area (Å²) in [4.78, 5) is 17.8. The third-order valence-corrected chi connectivity index (χ3v) is 5.52. The molecule has 0 saturated carbocycles. The van der Waals surface area contributed by atoms with Gasteiger partial charge in [-0.1, -0.05) is 29.8 Å². The van der Waals surface area contributed by atoms with Crippen molar-refractivity contribution in [2.45, 2.75) is 17.1 Å². The van der Waals surface area contributed by atoms with E-state index in [2.05, 4.69) is 10.3 Å². The number of hydrogen-bond donors (Lipinski definition) is 2. The van der Waals surface area contributed by atoms with Crippen LogP contribution >= 0.6 is 34.7 Å². The van der Waals surface area contributed by atoms with Gasteiger partial charge in [0.2, 0.25) is 5.91 Å². The summed E-state index contributed by atoms with van der Waals surface area (Å²) in [5.41, 5.74) is 8.23. The number of benzene rings is 2. The number of hydrogen-bond acceptors (Lipinski definition) is 5. The summed E-state index contributed by atoms with van der Waals surface area (Å²) < 4.78 is 0. The third kappa shape index (κ3) is 4.75. The number of thiazole rings is 1. The zero-order chi connectivity index (χ0) is 17.8. The number of anilines is 2. The molecule has 1 unspecified atom stereocenters. The van der Waals surface area contributed by atoms with E-state index in [9.17, 15) is 4.79 Å². The van der Waals surface area contributed by atoms with Gasteiger partial charge in [-0.15, -0.1) is 23.1 Å². The van der Waals surface area contributed by atoms with Crippen molar-refractivity contribution in [3.63, 3.8) is 0 Å². The van der Waals surface area contributed by atoms with Gasteiger partial charge in [-0.2, -0.15) is 0 Å². The predicted octanol–water partition coefficient (Wildman–Crippen LogP) is 5.17. The molecule has 1 amide bonds. The molecule has 0 bridgehead atoms. The van der Waals surface area contributed by atoms with Gasteiger partial charge in [-0.05, 0) is 37.3 Å². The van der Waals surface area contributed by atoms with Crippen LogP contribution in [-0.2, 0) is 4.79 Å². The largest absolute Gasteiger partial charge is 0.399 e. The van der Waals surface area contributed by atoms with Gasteiger partial charge in [0.1, 0.15) is 0 Å². The second-order valence-electron chi connectivity index (χ2n) is 5.37. The SMILES string of the molecule is CC(Sc1cccc(N)c1)C(=O)Nc1nc(-c2ccc(Cl)cc2)cs1. The first-order chi connectivity index (χ1) is 12.0. The molecule has 1 aromatic heterocycles. The Morgan fingerprint density at radius 3 is 2.76 bits per heavy atom. The van der Waals surface area contributed by atoms with Crippen molar-refractivity contribution in [1.82, 2.24) is 4.98 Å². The number of thioether (sulfide) groups is 1. The first-order valence-electron chi connectivity index (χ1n) is 7.56. The van der Waals surface area contributed by atoms with Gasteiger partial charge in [0.05, 0.1) is 10.9 Å². The summed E-state index contributed by atoms with van der Waals surface area (Å²) >= 11 is 8.76. The Morgan fingerprint density at radius 2 is 2.04 bits per heavy atom. The molecule has 0 radical (unpaired) electrons. The quantitative estimate of drug-likeness (QED) is 0.467. The van der Waals surface area contributed by atoms with E-state index in [1.165, 1.54) is 23.1 Å². The zero-order valence-corrected chi connectivity index (χ0v) is 15.8. The number of rotatable bonds is 5. The van der Waals surface area contributed by atoms with Crippen molar-refractivity contribution in [2.24, 2.45) is 0 Å². The maximum absolute atomic E-state index is 12.4. The normalized spacial score (nSPS) is 11.9. The minimum Gasteiger partial charge on any atom is -0.399 e. The lowest BCUT2D eigenvalue weighted by Gasteiger charge is -2.10. The van der Waals surface area contributed by atoms with Crippen LogP contribution in [0.3, 0.4) is 0 Å². The number of aromatic nitrogens is 1. The van der Waals surface area contributed by atoms with Gasteiger partial charge in [0.25, 0.3) is 0 Å². The Kier molecular flexibility index (Phi) is 5.63. The van der Waals surface area contributed by atoms with Crippen LogP contribution in [0.15, 0.2) is 58.8 Å². The number of nitrogens with zero attached hydrogens (tertiary/aromatic N) is 1. The molecular formula is C18H16ClN3OS2. The number of nitrogens with two attached hydrogens (primary N) is 1. The molecular weight excluding hydrogens is 374 g/mol. The average molecular weight is 390 g/mol. The predicted molar refractivity (Wildman–Crippen MR) is 107 cm³/mol. The van der Waals surface area contributed by atoms with E-state index in [0.717, 1.165) is 16.2 Å². The molecule has 0 fully saturated rings. The van der Waals surface area contributed by atoms with E-state index in [-0.39, 0.29) is 11.2 Å². The van der Waals surface area contributed by atoms with E-state index < -0.39 is 0 Å². The molecule has 0 spiro atoms.